The van der Waals surface area contributed by atoms with Crippen molar-refractivity contribution in [3.05, 3.63) is 28.9 Å². The maximum absolute atomic E-state index is 11.7. The molecule has 2 aromatic rings. The first kappa shape index (κ1) is 14.6. The van der Waals surface area contributed by atoms with Gasteiger partial charge in [0.05, 0.1) is 29.7 Å². The van der Waals surface area contributed by atoms with Crippen molar-refractivity contribution < 1.29 is 9.53 Å². The summed E-state index contributed by atoms with van der Waals surface area (Å²) in [7, 11) is 0. The number of carbonyl (C=O) groups excluding carboxylic acids is 1. The highest BCUT2D eigenvalue weighted by molar-refractivity contribution is 9.10. The number of carbonyl (C=O) groups is 1. The van der Waals surface area contributed by atoms with Crippen LogP contribution in [0.25, 0.3) is 10.9 Å². The summed E-state index contributed by atoms with van der Waals surface area (Å²) in [5.74, 6) is -0.313. The van der Waals surface area contributed by atoms with E-state index in [1.165, 1.54) is 0 Å². The van der Waals surface area contributed by atoms with Gasteiger partial charge in [0.15, 0.2) is 0 Å². The number of anilines is 2. The molecule has 1 aromatic heterocycles. The third-order valence-corrected chi connectivity index (χ3v) is 3.35. The molecule has 0 aliphatic rings. The maximum atomic E-state index is 11.7. The summed E-state index contributed by atoms with van der Waals surface area (Å²) < 4.78 is 5.90. The minimum atomic E-state index is -0.484. The Morgan fingerprint density at radius 1 is 1.55 bits per heavy atom. The molecule has 1 aromatic carbocycles. The highest BCUT2D eigenvalue weighted by atomic mass is 79.9. The molecule has 0 saturated carbocycles. The van der Waals surface area contributed by atoms with E-state index in [4.69, 9.17) is 10.5 Å². The molecule has 3 N–H and O–H groups in total. The van der Waals surface area contributed by atoms with Gasteiger partial charge < -0.3 is 15.8 Å². The summed E-state index contributed by atoms with van der Waals surface area (Å²) in [6, 6.07) is 5.23. The second-order valence-electron chi connectivity index (χ2n) is 4.37. The number of halogens is 1. The molecule has 2 rings (SSSR count). The minimum absolute atomic E-state index is 0.313. The molecule has 0 saturated heterocycles. The van der Waals surface area contributed by atoms with E-state index in [2.05, 4.69) is 26.2 Å². The number of hydrogen-bond donors (Lipinski definition) is 2. The van der Waals surface area contributed by atoms with Gasteiger partial charge in [-0.3, -0.25) is 4.98 Å². The maximum Gasteiger partial charge on any atom is 0.328 e. The molecule has 20 heavy (non-hydrogen) atoms. The zero-order valence-electron chi connectivity index (χ0n) is 11.3. The molecular weight excluding hydrogens is 322 g/mol. The lowest BCUT2D eigenvalue weighted by atomic mass is 10.1. The number of nitrogens with two attached hydrogens (primary N) is 1. The number of aromatic nitrogens is 1. The molecular formula is C14H16BrN3O2. The molecule has 1 heterocycles. The monoisotopic (exact) mass is 337 g/mol. The van der Waals surface area contributed by atoms with Crippen molar-refractivity contribution in [3.8, 4) is 0 Å². The van der Waals surface area contributed by atoms with Crippen LogP contribution in [0.3, 0.4) is 0 Å². The number of benzene rings is 1. The number of hydrogen-bond acceptors (Lipinski definition) is 5. The lowest BCUT2D eigenvalue weighted by molar-refractivity contribution is -0.143. The normalized spacial score (nSPS) is 12.2. The Kier molecular flexibility index (Phi) is 4.44. The number of esters is 1. The molecule has 0 fully saturated rings. The number of fused-ring (bicyclic) bond motifs is 1. The van der Waals surface area contributed by atoms with Gasteiger partial charge in [-0.1, -0.05) is 15.9 Å². The van der Waals surface area contributed by atoms with E-state index in [9.17, 15) is 4.79 Å². The van der Waals surface area contributed by atoms with Crippen molar-refractivity contribution in [1.29, 1.82) is 0 Å². The number of pyridine rings is 1. The second kappa shape index (κ2) is 6.09. The van der Waals surface area contributed by atoms with Crippen molar-refractivity contribution in [2.45, 2.75) is 19.9 Å². The third kappa shape index (κ3) is 3.01. The fourth-order valence-electron chi connectivity index (χ4n) is 1.88. The van der Waals surface area contributed by atoms with Gasteiger partial charge in [-0.2, -0.15) is 0 Å². The summed E-state index contributed by atoms with van der Waals surface area (Å²) in [6.07, 6.45) is 1.58. The molecule has 0 aliphatic heterocycles. The van der Waals surface area contributed by atoms with Crippen LogP contribution in [0.5, 0.6) is 0 Å². The summed E-state index contributed by atoms with van der Waals surface area (Å²) in [4.78, 5) is 16.0. The molecule has 5 nitrogen and oxygen atoms in total. The van der Waals surface area contributed by atoms with E-state index in [0.29, 0.717) is 18.0 Å². The number of nitrogens with zero attached hydrogens (tertiary/aromatic N) is 1. The van der Waals surface area contributed by atoms with Crippen molar-refractivity contribution in [2.75, 3.05) is 17.7 Å². The lowest BCUT2D eigenvalue weighted by Crippen LogP contribution is -2.28. The number of nitrogen functional groups attached to an aromatic ring is 1. The smallest absolute Gasteiger partial charge is 0.328 e. The Bertz CT molecular complexity index is 640. The summed E-state index contributed by atoms with van der Waals surface area (Å²) in [6.45, 7) is 3.86. The molecule has 0 amide bonds. The van der Waals surface area contributed by atoms with Crippen molar-refractivity contribution in [1.82, 2.24) is 4.98 Å². The van der Waals surface area contributed by atoms with Crippen LogP contribution in [0.1, 0.15) is 13.8 Å². The van der Waals surface area contributed by atoms with E-state index in [-0.39, 0.29) is 5.97 Å². The Morgan fingerprint density at radius 2 is 2.30 bits per heavy atom. The first-order valence-electron chi connectivity index (χ1n) is 6.29. The van der Waals surface area contributed by atoms with Crippen LogP contribution in [-0.4, -0.2) is 23.6 Å². The van der Waals surface area contributed by atoms with Crippen LogP contribution < -0.4 is 11.1 Å². The third-order valence-electron chi connectivity index (χ3n) is 2.86. The fourth-order valence-corrected chi connectivity index (χ4v) is 2.25. The first-order chi connectivity index (χ1) is 9.52. The summed E-state index contributed by atoms with van der Waals surface area (Å²) in [5, 5.41) is 3.96. The second-order valence-corrected chi connectivity index (χ2v) is 5.28. The zero-order valence-corrected chi connectivity index (χ0v) is 12.9. The quantitative estimate of drug-likeness (QED) is 0.838. The molecule has 0 spiro atoms. The van der Waals surface area contributed by atoms with Gasteiger partial charge in [0.2, 0.25) is 0 Å². The number of rotatable bonds is 4. The highest BCUT2D eigenvalue weighted by Gasteiger charge is 2.16. The summed E-state index contributed by atoms with van der Waals surface area (Å²) >= 11 is 3.42. The Hall–Kier alpha value is -1.82. The van der Waals surface area contributed by atoms with Crippen molar-refractivity contribution in [3.63, 3.8) is 0 Å². The fraction of sp³-hybridized carbons (Fsp3) is 0.286. The van der Waals surface area contributed by atoms with E-state index >= 15 is 0 Å². The average molecular weight is 338 g/mol. The molecule has 0 bridgehead atoms. The SMILES string of the molecule is CCOC(=O)C(C)Nc1c(N)cnc2ccc(Br)cc12. The average Bonchev–Trinajstić information content (AvgIpc) is 2.42. The largest absolute Gasteiger partial charge is 0.464 e. The van der Waals surface area contributed by atoms with Crippen molar-refractivity contribution >= 4 is 44.2 Å². The van der Waals surface area contributed by atoms with Crippen LogP contribution in [0, 0.1) is 0 Å². The van der Waals surface area contributed by atoms with E-state index in [0.717, 1.165) is 15.4 Å². The molecule has 1 unspecified atom stereocenters. The predicted molar refractivity (Wildman–Crippen MR) is 83.6 cm³/mol. The van der Waals surface area contributed by atoms with E-state index in [1.54, 1.807) is 20.0 Å². The van der Waals surface area contributed by atoms with Crippen LogP contribution in [0.15, 0.2) is 28.9 Å². The molecule has 6 heteroatoms. The Balaban J connectivity index is 2.40. The Labute approximate surface area is 125 Å². The van der Waals surface area contributed by atoms with E-state index in [1.807, 2.05) is 18.2 Å². The first-order valence-corrected chi connectivity index (χ1v) is 7.09. The van der Waals surface area contributed by atoms with Crippen molar-refractivity contribution in [2.24, 2.45) is 0 Å². The van der Waals surface area contributed by atoms with Crippen LogP contribution in [0.2, 0.25) is 0 Å². The van der Waals surface area contributed by atoms with Gasteiger partial charge in [-0.15, -0.1) is 0 Å². The van der Waals surface area contributed by atoms with E-state index < -0.39 is 6.04 Å². The molecule has 0 radical (unpaired) electrons. The lowest BCUT2D eigenvalue weighted by Gasteiger charge is -2.17. The van der Waals surface area contributed by atoms with Gasteiger partial charge in [-0.25, -0.2) is 4.79 Å². The van der Waals surface area contributed by atoms with Gasteiger partial charge in [0, 0.05) is 9.86 Å². The van der Waals surface area contributed by atoms with Crippen LogP contribution in [0.4, 0.5) is 11.4 Å². The Morgan fingerprint density at radius 3 is 3.00 bits per heavy atom. The topological polar surface area (TPSA) is 77.2 Å². The minimum Gasteiger partial charge on any atom is -0.464 e. The van der Waals surface area contributed by atoms with Gasteiger partial charge in [0.1, 0.15) is 6.04 Å². The van der Waals surface area contributed by atoms with Crippen LogP contribution in [-0.2, 0) is 9.53 Å². The van der Waals surface area contributed by atoms with Gasteiger partial charge in [-0.05, 0) is 32.0 Å². The molecule has 0 aliphatic carbocycles. The zero-order chi connectivity index (χ0) is 14.7. The standard InChI is InChI=1S/C14H16BrN3O2/c1-3-20-14(19)8(2)18-13-10-6-9(15)4-5-12(10)17-7-11(13)16/h4-8H,3,16H2,1-2H3,(H,17,18). The predicted octanol–water partition coefficient (Wildman–Crippen LogP) is 2.94. The molecule has 106 valence electrons. The number of ether oxygens (including phenoxy) is 1. The summed E-state index contributed by atoms with van der Waals surface area (Å²) in [5.41, 5.74) is 7.96. The molecule has 1 atom stereocenters. The van der Waals surface area contributed by atoms with Gasteiger partial charge in [0.25, 0.3) is 0 Å². The van der Waals surface area contributed by atoms with Gasteiger partial charge >= 0.3 is 5.97 Å². The number of nitrogens with one attached hydrogen (secondary N) is 1. The van der Waals surface area contributed by atoms with Crippen LogP contribution >= 0.6 is 15.9 Å². The highest BCUT2D eigenvalue weighted by Crippen LogP contribution is 2.30.